The molecule has 0 atom stereocenters. The van der Waals surface area contributed by atoms with Crippen molar-refractivity contribution < 1.29 is 22.6 Å². The zero-order valence-electron chi connectivity index (χ0n) is 16.5. The molecule has 4 aromatic rings. The van der Waals surface area contributed by atoms with Gasteiger partial charge < -0.3 is 5.11 Å². The van der Waals surface area contributed by atoms with Crippen molar-refractivity contribution in [1.82, 2.24) is 4.98 Å². The number of para-hydroxylation sites is 1. The number of pyridine rings is 1. The van der Waals surface area contributed by atoms with E-state index in [1.165, 1.54) is 0 Å². The van der Waals surface area contributed by atoms with Gasteiger partial charge in [0, 0.05) is 18.6 Å². The van der Waals surface area contributed by atoms with E-state index < -0.39 is 10.1 Å². The largest absolute Gasteiger partial charge is 0.507 e. The van der Waals surface area contributed by atoms with E-state index in [4.69, 9.17) is 4.55 Å². The van der Waals surface area contributed by atoms with Gasteiger partial charge in [0.05, 0.1) is 21.5 Å². The Balaban J connectivity index is 1.48. The second-order valence-electron chi connectivity index (χ2n) is 7.11. The van der Waals surface area contributed by atoms with Crippen LogP contribution in [0.5, 0.6) is 5.75 Å². The molecule has 6 nitrogen and oxygen atoms in total. The Bertz CT molecular complexity index is 1310. The van der Waals surface area contributed by atoms with Gasteiger partial charge in [0.25, 0.3) is 10.1 Å². The van der Waals surface area contributed by atoms with Crippen molar-refractivity contribution >= 4 is 43.8 Å². The van der Waals surface area contributed by atoms with Crippen LogP contribution < -0.4 is 4.57 Å². The van der Waals surface area contributed by atoms with Crippen molar-refractivity contribution in [3.63, 3.8) is 0 Å². The van der Waals surface area contributed by atoms with E-state index in [1.807, 2.05) is 77.6 Å². The van der Waals surface area contributed by atoms with Crippen molar-refractivity contribution in [3.05, 3.63) is 78.1 Å². The minimum absolute atomic E-state index is 0.196. The number of thiazole rings is 1. The van der Waals surface area contributed by atoms with Gasteiger partial charge in [-0.25, -0.2) is 9.55 Å². The number of fused-ring (bicyclic) bond motifs is 1. The highest BCUT2D eigenvalue weighted by atomic mass is 32.2. The lowest BCUT2D eigenvalue weighted by Gasteiger charge is -2.03. The Kier molecular flexibility index (Phi) is 6.13. The molecule has 0 spiro atoms. The topological polar surface area (TPSA) is 91.4 Å². The summed E-state index contributed by atoms with van der Waals surface area (Å²) in [6.07, 6.45) is 8.02. The van der Waals surface area contributed by atoms with E-state index in [0.29, 0.717) is 18.5 Å². The third-order valence-electron chi connectivity index (χ3n) is 4.75. The van der Waals surface area contributed by atoms with Gasteiger partial charge in [-0.05, 0) is 35.4 Å². The molecule has 8 heteroatoms. The van der Waals surface area contributed by atoms with E-state index in [2.05, 4.69) is 4.98 Å². The van der Waals surface area contributed by atoms with Crippen molar-refractivity contribution in [1.29, 1.82) is 0 Å². The van der Waals surface area contributed by atoms with Crippen LogP contribution in [0.25, 0.3) is 32.9 Å². The summed E-state index contributed by atoms with van der Waals surface area (Å²) in [6, 6.07) is 17.2. The minimum atomic E-state index is -3.92. The van der Waals surface area contributed by atoms with Gasteiger partial charge in [0.2, 0.25) is 0 Å². The van der Waals surface area contributed by atoms with Crippen molar-refractivity contribution in [3.8, 4) is 16.3 Å². The summed E-state index contributed by atoms with van der Waals surface area (Å²) in [5.74, 6) is -0.0543. The summed E-state index contributed by atoms with van der Waals surface area (Å²) in [4.78, 5) is 4.63. The molecule has 31 heavy (non-hydrogen) atoms. The molecule has 0 aliphatic heterocycles. The molecule has 158 valence electrons. The summed E-state index contributed by atoms with van der Waals surface area (Å²) in [5.41, 5.74) is 3.54. The summed E-state index contributed by atoms with van der Waals surface area (Å²) in [5, 5.41) is 11.1. The van der Waals surface area contributed by atoms with Gasteiger partial charge >= 0.3 is 0 Å². The van der Waals surface area contributed by atoms with E-state index >= 15 is 0 Å². The number of hydrogen-bond acceptors (Lipinski definition) is 5. The monoisotopic (exact) mass is 453 g/mol. The molecular formula is C23H21N2O4S2+. The number of aryl methyl sites for hydroxylation is 1. The summed E-state index contributed by atoms with van der Waals surface area (Å²) in [6.45, 7) is 0.507. The van der Waals surface area contributed by atoms with Crippen LogP contribution in [0.15, 0.2) is 67.0 Å². The number of benzene rings is 2. The van der Waals surface area contributed by atoms with Crippen molar-refractivity contribution in [2.24, 2.45) is 0 Å². The summed E-state index contributed by atoms with van der Waals surface area (Å²) in [7, 11) is -3.92. The summed E-state index contributed by atoms with van der Waals surface area (Å²) < 4.78 is 33.3. The standard InChI is InChI=1S/C23H20N2O4S2/c26-21-9-8-18(16-19(21)23-24-20-4-1-2-5-22(20)30-23)7-6-17-10-13-25(14-11-17)12-3-15-31(27,28)29/h1-2,4-11,13-14,16H,3,12,15H2,(H,27,28,29)/p+1. The number of aromatic hydroxyl groups is 1. The Hall–Kier alpha value is -3.07. The minimum Gasteiger partial charge on any atom is -0.507 e. The first kappa shape index (κ1) is 21.2. The maximum absolute atomic E-state index is 10.8. The van der Waals surface area contributed by atoms with E-state index in [0.717, 1.165) is 26.4 Å². The van der Waals surface area contributed by atoms with Gasteiger partial charge in [-0.1, -0.05) is 30.4 Å². The number of hydrogen-bond donors (Lipinski definition) is 2. The normalized spacial score (nSPS) is 12.0. The fraction of sp³-hybridized carbons (Fsp3) is 0.130. The molecule has 2 heterocycles. The highest BCUT2D eigenvalue weighted by molar-refractivity contribution is 7.85. The highest BCUT2D eigenvalue weighted by Crippen LogP contribution is 2.36. The highest BCUT2D eigenvalue weighted by Gasteiger charge is 2.11. The molecule has 0 fully saturated rings. The van der Waals surface area contributed by atoms with Crippen LogP contribution in [0.2, 0.25) is 0 Å². The van der Waals surface area contributed by atoms with Crippen molar-refractivity contribution in [2.45, 2.75) is 13.0 Å². The molecule has 0 aliphatic carbocycles. The second kappa shape index (κ2) is 8.97. The first-order valence-corrected chi connectivity index (χ1v) is 12.1. The molecule has 0 aliphatic rings. The molecule has 2 N–H and O–H groups in total. The zero-order valence-corrected chi connectivity index (χ0v) is 18.2. The Morgan fingerprint density at radius 2 is 1.74 bits per heavy atom. The number of phenols is 1. The molecular weight excluding hydrogens is 432 g/mol. The van der Waals surface area contributed by atoms with Crippen LogP contribution in [0.1, 0.15) is 17.5 Å². The molecule has 0 radical (unpaired) electrons. The van der Waals surface area contributed by atoms with Crippen LogP contribution >= 0.6 is 11.3 Å². The van der Waals surface area contributed by atoms with Gasteiger partial charge in [-0.15, -0.1) is 11.3 Å². The van der Waals surface area contributed by atoms with Gasteiger partial charge in [-0.2, -0.15) is 8.42 Å². The van der Waals surface area contributed by atoms with E-state index in [9.17, 15) is 13.5 Å². The first-order chi connectivity index (χ1) is 14.9. The van der Waals surface area contributed by atoms with Crippen LogP contribution in [0.4, 0.5) is 0 Å². The Morgan fingerprint density at radius 3 is 2.48 bits per heavy atom. The SMILES string of the molecule is O=S(=O)(O)CCC[n+]1ccc(/C=C/c2ccc(O)c(-c3nc4ccccc4s3)c2)cc1. The molecule has 0 saturated carbocycles. The average Bonchev–Trinajstić information content (AvgIpc) is 3.17. The van der Waals surface area contributed by atoms with Crippen molar-refractivity contribution in [2.75, 3.05) is 5.75 Å². The molecule has 0 bridgehead atoms. The first-order valence-electron chi connectivity index (χ1n) is 9.69. The predicted molar refractivity (Wildman–Crippen MR) is 123 cm³/mol. The van der Waals surface area contributed by atoms with Crippen LogP contribution in [0.3, 0.4) is 0 Å². The molecule has 0 unspecified atom stereocenters. The third kappa shape index (κ3) is 5.55. The number of aromatic nitrogens is 2. The molecule has 0 saturated heterocycles. The molecule has 2 aromatic carbocycles. The second-order valence-corrected chi connectivity index (χ2v) is 9.71. The molecule has 0 amide bonds. The fourth-order valence-corrected chi connectivity index (χ4v) is 4.65. The van der Waals surface area contributed by atoms with Gasteiger partial charge in [0.15, 0.2) is 12.4 Å². The number of nitrogens with zero attached hydrogens (tertiary/aromatic N) is 2. The fourth-order valence-electron chi connectivity index (χ4n) is 3.17. The van der Waals surface area contributed by atoms with E-state index in [1.54, 1.807) is 17.4 Å². The van der Waals surface area contributed by atoms with E-state index in [-0.39, 0.29) is 11.5 Å². The maximum atomic E-state index is 10.8. The van der Waals surface area contributed by atoms with Gasteiger partial charge in [-0.3, -0.25) is 4.55 Å². The quantitative estimate of drug-likeness (QED) is 0.320. The average molecular weight is 454 g/mol. The lowest BCUT2D eigenvalue weighted by molar-refractivity contribution is -0.696. The third-order valence-corrected chi connectivity index (χ3v) is 6.62. The smallest absolute Gasteiger partial charge is 0.265 e. The van der Waals surface area contributed by atoms with Crippen LogP contribution in [0, 0.1) is 0 Å². The van der Waals surface area contributed by atoms with Crippen LogP contribution in [-0.4, -0.2) is 28.8 Å². The van der Waals surface area contributed by atoms with Gasteiger partial charge in [0.1, 0.15) is 17.3 Å². The lowest BCUT2D eigenvalue weighted by atomic mass is 10.1. The Morgan fingerprint density at radius 1 is 1.00 bits per heavy atom. The number of phenolic OH excluding ortho intramolecular Hbond substituents is 1. The maximum Gasteiger partial charge on any atom is 0.265 e. The predicted octanol–water partition coefficient (Wildman–Crippen LogP) is 4.40. The zero-order chi connectivity index (χ0) is 21.8. The van der Waals surface area contributed by atoms with Crippen LogP contribution in [-0.2, 0) is 16.7 Å². The lowest BCUT2D eigenvalue weighted by Crippen LogP contribution is -2.33. The molecule has 4 rings (SSSR count). The molecule has 2 aromatic heterocycles. The Labute approximate surface area is 184 Å². The summed E-state index contributed by atoms with van der Waals surface area (Å²) >= 11 is 1.55. The number of rotatable bonds is 7.